The fraction of sp³-hybridized carbons (Fsp3) is 0.429. The van der Waals surface area contributed by atoms with Crippen molar-refractivity contribution in [3.63, 3.8) is 0 Å². The predicted molar refractivity (Wildman–Crippen MR) is 95.4 cm³/mol. The highest BCUT2D eigenvalue weighted by Gasteiger charge is 2.53. The van der Waals surface area contributed by atoms with Crippen LogP contribution in [0.15, 0.2) is 60.7 Å². The van der Waals surface area contributed by atoms with Gasteiger partial charge in [0, 0.05) is 5.56 Å². The molecule has 2 aliphatic rings. The monoisotopic (exact) mass is 356 g/mol. The maximum atomic E-state index is 11.2. The molecular formula is C21H24O5. The first-order valence-corrected chi connectivity index (χ1v) is 8.96. The lowest BCUT2D eigenvalue weighted by Crippen LogP contribution is -2.65. The summed E-state index contributed by atoms with van der Waals surface area (Å²) in [7, 11) is 0. The molecule has 5 heteroatoms. The van der Waals surface area contributed by atoms with Gasteiger partial charge in [0.05, 0.1) is 19.8 Å². The summed E-state index contributed by atoms with van der Waals surface area (Å²) in [5, 5.41) is 11.2. The molecule has 2 fully saturated rings. The molecule has 26 heavy (non-hydrogen) atoms. The first kappa shape index (κ1) is 17.6. The van der Waals surface area contributed by atoms with Gasteiger partial charge in [-0.3, -0.25) is 0 Å². The second kappa shape index (κ2) is 7.47. The van der Waals surface area contributed by atoms with E-state index in [1.54, 1.807) is 6.92 Å². The molecule has 2 heterocycles. The minimum absolute atomic E-state index is 0.304. The maximum absolute atomic E-state index is 11.2. The summed E-state index contributed by atoms with van der Waals surface area (Å²) in [5.74, 6) is 0. The number of hydrogen-bond acceptors (Lipinski definition) is 5. The third kappa shape index (κ3) is 3.54. The highest BCUT2D eigenvalue weighted by Crippen LogP contribution is 2.38. The first-order valence-electron chi connectivity index (χ1n) is 8.96. The molecule has 4 rings (SSSR count). The zero-order chi connectivity index (χ0) is 18.0. The summed E-state index contributed by atoms with van der Waals surface area (Å²) >= 11 is 0. The molecule has 2 aliphatic heterocycles. The van der Waals surface area contributed by atoms with Crippen LogP contribution in [0, 0.1) is 0 Å². The normalized spacial score (nSPS) is 34.2. The third-order valence-corrected chi connectivity index (χ3v) is 5.08. The second-order valence-electron chi connectivity index (χ2n) is 7.02. The molecule has 2 aromatic carbocycles. The van der Waals surface area contributed by atoms with Crippen molar-refractivity contribution in [1.29, 1.82) is 0 Å². The fourth-order valence-electron chi connectivity index (χ4n) is 3.52. The Hall–Kier alpha value is -1.76. The van der Waals surface area contributed by atoms with Gasteiger partial charge < -0.3 is 24.1 Å². The fourth-order valence-corrected chi connectivity index (χ4v) is 3.52. The van der Waals surface area contributed by atoms with Crippen molar-refractivity contribution in [3.05, 3.63) is 71.8 Å². The van der Waals surface area contributed by atoms with Crippen molar-refractivity contribution in [3.8, 4) is 0 Å². The molecule has 2 aromatic rings. The molecule has 5 nitrogen and oxygen atoms in total. The van der Waals surface area contributed by atoms with E-state index in [0.717, 1.165) is 11.1 Å². The summed E-state index contributed by atoms with van der Waals surface area (Å²) in [6, 6.07) is 19.6. The summed E-state index contributed by atoms with van der Waals surface area (Å²) in [4.78, 5) is 0. The summed E-state index contributed by atoms with van der Waals surface area (Å²) < 4.78 is 23.7. The molecule has 1 N–H and O–H groups in total. The van der Waals surface area contributed by atoms with Crippen LogP contribution in [0.1, 0.15) is 24.3 Å². The van der Waals surface area contributed by atoms with Crippen LogP contribution in [0.5, 0.6) is 0 Å². The van der Waals surface area contributed by atoms with E-state index in [4.69, 9.17) is 18.9 Å². The molecule has 0 radical (unpaired) electrons. The highest BCUT2D eigenvalue weighted by atomic mass is 16.7. The van der Waals surface area contributed by atoms with Crippen molar-refractivity contribution >= 4 is 0 Å². The minimum atomic E-state index is -1.17. The zero-order valence-corrected chi connectivity index (χ0v) is 14.8. The Morgan fingerprint density at radius 3 is 2.42 bits per heavy atom. The van der Waals surface area contributed by atoms with Gasteiger partial charge in [0.25, 0.3) is 0 Å². The van der Waals surface area contributed by atoms with Gasteiger partial charge >= 0.3 is 0 Å². The summed E-state index contributed by atoms with van der Waals surface area (Å²) in [6.07, 6.45) is -1.81. The molecule has 0 spiro atoms. The second-order valence-corrected chi connectivity index (χ2v) is 7.02. The minimum Gasteiger partial charge on any atom is -0.385 e. The Bertz CT molecular complexity index is 703. The van der Waals surface area contributed by atoms with Crippen LogP contribution in [-0.2, 0) is 25.6 Å². The van der Waals surface area contributed by atoms with Crippen LogP contribution in [0.25, 0.3) is 0 Å². The van der Waals surface area contributed by atoms with E-state index in [1.165, 1.54) is 0 Å². The number of aliphatic hydroxyl groups is 1. The Kier molecular flexibility index (Phi) is 5.07. The number of fused-ring (bicyclic) bond motifs is 1. The van der Waals surface area contributed by atoms with E-state index in [2.05, 4.69) is 0 Å². The predicted octanol–water partition coefficient (Wildman–Crippen LogP) is 2.84. The number of benzene rings is 2. The molecule has 0 aromatic heterocycles. The van der Waals surface area contributed by atoms with Gasteiger partial charge in [0.1, 0.15) is 23.9 Å². The highest BCUT2D eigenvalue weighted by molar-refractivity contribution is 5.17. The number of hydrogen-bond donors (Lipinski definition) is 1. The van der Waals surface area contributed by atoms with Gasteiger partial charge in [-0.15, -0.1) is 0 Å². The van der Waals surface area contributed by atoms with Gasteiger partial charge in [-0.2, -0.15) is 0 Å². The van der Waals surface area contributed by atoms with Crippen LogP contribution >= 0.6 is 0 Å². The van der Waals surface area contributed by atoms with Gasteiger partial charge in [-0.25, -0.2) is 0 Å². The maximum Gasteiger partial charge on any atom is 0.184 e. The van der Waals surface area contributed by atoms with E-state index in [1.807, 2.05) is 60.7 Å². The molecule has 0 saturated carbocycles. The molecule has 0 amide bonds. The summed E-state index contributed by atoms with van der Waals surface area (Å²) in [6.45, 7) is 2.87. The average molecular weight is 356 g/mol. The Labute approximate surface area is 153 Å². The van der Waals surface area contributed by atoms with E-state index < -0.39 is 24.1 Å². The van der Waals surface area contributed by atoms with Crippen molar-refractivity contribution in [2.75, 3.05) is 13.2 Å². The van der Waals surface area contributed by atoms with Crippen molar-refractivity contribution in [2.24, 2.45) is 0 Å². The molecule has 2 saturated heterocycles. The Morgan fingerprint density at radius 1 is 1.00 bits per heavy atom. The topological polar surface area (TPSA) is 57.2 Å². The van der Waals surface area contributed by atoms with Gasteiger partial charge in [0.15, 0.2) is 6.29 Å². The lowest BCUT2D eigenvalue weighted by molar-refractivity contribution is -0.342. The van der Waals surface area contributed by atoms with Crippen LogP contribution in [0.4, 0.5) is 0 Å². The van der Waals surface area contributed by atoms with E-state index in [-0.39, 0.29) is 6.10 Å². The van der Waals surface area contributed by atoms with Gasteiger partial charge in [0.2, 0.25) is 0 Å². The van der Waals surface area contributed by atoms with Crippen LogP contribution in [-0.4, -0.2) is 42.2 Å². The van der Waals surface area contributed by atoms with Gasteiger partial charge in [-0.1, -0.05) is 60.7 Å². The lowest BCUT2D eigenvalue weighted by atomic mass is 9.86. The lowest BCUT2D eigenvalue weighted by Gasteiger charge is -2.49. The van der Waals surface area contributed by atoms with Crippen molar-refractivity contribution in [1.82, 2.24) is 0 Å². The molecule has 0 aliphatic carbocycles. The van der Waals surface area contributed by atoms with E-state index >= 15 is 0 Å². The molecule has 4 unspecified atom stereocenters. The Balaban J connectivity index is 1.46. The van der Waals surface area contributed by atoms with E-state index in [0.29, 0.717) is 19.8 Å². The van der Waals surface area contributed by atoms with E-state index in [9.17, 15) is 5.11 Å². The molecule has 138 valence electrons. The third-order valence-electron chi connectivity index (χ3n) is 5.08. The molecular weight excluding hydrogens is 332 g/mol. The van der Waals surface area contributed by atoms with Crippen LogP contribution < -0.4 is 0 Å². The van der Waals surface area contributed by atoms with Crippen molar-refractivity contribution < 1.29 is 24.1 Å². The SMILES string of the molecule is C[C@@]1(O)C(OCc2ccccc2)COC2COC(c3ccccc3)OC21. The zero-order valence-electron chi connectivity index (χ0n) is 14.8. The summed E-state index contributed by atoms with van der Waals surface area (Å²) in [5.41, 5.74) is 0.809. The molecule has 0 bridgehead atoms. The molecule has 5 atom stereocenters. The Morgan fingerprint density at radius 2 is 1.69 bits per heavy atom. The smallest absolute Gasteiger partial charge is 0.184 e. The largest absolute Gasteiger partial charge is 0.385 e. The number of rotatable bonds is 4. The standard InChI is InChI=1S/C21H24O5/c1-21(22)18(24-12-15-8-4-2-5-9-15)14-23-17-13-25-20(26-19(17)21)16-10-6-3-7-11-16/h2-11,17-20,22H,12-14H2,1H3/t17?,18?,19?,20?,21-/m1/s1. The quantitative estimate of drug-likeness (QED) is 0.913. The van der Waals surface area contributed by atoms with Crippen molar-refractivity contribution in [2.45, 2.75) is 43.7 Å². The number of ether oxygens (including phenoxy) is 4. The van der Waals surface area contributed by atoms with Gasteiger partial charge in [-0.05, 0) is 12.5 Å². The van der Waals surface area contributed by atoms with Crippen LogP contribution in [0.2, 0.25) is 0 Å². The average Bonchev–Trinajstić information content (AvgIpc) is 2.69. The van der Waals surface area contributed by atoms with Crippen LogP contribution in [0.3, 0.4) is 0 Å². The first-order chi connectivity index (χ1) is 12.6.